The molecule has 26 heteroatoms. The molecule has 0 aliphatic carbocycles. The molecule has 10 N–H and O–H groups in total. The van der Waals surface area contributed by atoms with E-state index in [1.807, 2.05) is 0 Å². The average molecular weight is 716 g/mol. The van der Waals surface area contributed by atoms with Crippen LogP contribution in [0, 0.1) is 0 Å². The lowest BCUT2D eigenvalue weighted by atomic mass is 9.95. The van der Waals surface area contributed by atoms with E-state index in [1.54, 1.807) is 0 Å². The molecule has 24 nitrogen and oxygen atoms in total. The Morgan fingerprint density at radius 2 is 1.46 bits per heavy atom. The van der Waals surface area contributed by atoms with E-state index >= 15 is 0 Å². The molecule has 1 amide bonds. The van der Waals surface area contributed by atoms with Gasteiger partial charge in [0.2, 0.25) is 18.0 Å². The van der Waals surface area contributed by atoms with Crippen molar-refractivity contribution in [1.29, 1.82) is 0 Å². The predicted molar refractivity (Wildman–Crippen MR) is 133 cm³/mol. The van der Waals surface area contributed by atoms with Crippen LogP contribution in [-0.2, 0) is 67.2 Å². The molecule has 0 aromatic heterocycles. The van der Waals surface area contributed by atoms with Gasteiger partial charge < -0.3 is 64.7 Å². The first-order chi connectivity index (χ1) is 21.1. The maximum Gasteiger partial charge on any atom is 0.397 e. The summed E-state index contributed by atoms with van der Waals surface area (Å²) in [6.45, 7) is -0.414. The lowest BCUT2D eigenvalue weighted by molar-refractivity contribution is -0.346. The molecule has 3 rings (SSSR count). The number of aliphatic hydroxyl groups excluding tert-OH is 5. The van der Waals surface area contributed by atoms with Crippen molar-refractivity contribution in [3.05, 3.63) is 11.8 Å². The van der Waals surface area contributed by atoms with Crippen molar-refractivity contribution in [3.8, 4) is 0 Å². The van der Waals surface area contributed by atoms with Gasteiger partial charge in [-0.05, 0) is 6.08 Å². The molecule has 46 heavy (non-hydrogen) atoms. The first-order valence-corrected chi connectivity index (χ1v) is 15.2. The largest absolute Gasteiger partial charge is 0.479 e. The Labute approximate surface area is 257 Å². The minimum atomic E-state index is -5.44. The molecule has 3 heterocycles. The van der Waals surface area contributed by atoms with E-state index in [0.717, 1.165) is 6.92 Å². The third-order valence-electron chi connectivity index (χ3n) is 6.43. The van der Waals surface area contributed by atoms with Crippen molar-refractivity contribution in [1.82, 2.24) is 5.32 Å². The quantitative estimate of drug-likeness (QED) is 0.0839. The number of carboxylic acids is 2. The van der Waals surface area contributed by atoms with Crippen molar-refractivity contribution in [2.24, 2.45) is 0 Å². The third-order valence-corrected chi connectivity index (χ3v) is 7.33. The number of aliphatic carboxylic acids is 2. The van der Waals surface area contributed by atoms with Gasteiger partial charge in [0.05, 0.1) is 6.61 Å². The van der Waals surface area contributed by atoms with Crippen molar-refractivity contribution in [2.75, 3.05) is 6.61 Å². The molecule has 13 atom stereocenters. The molecule has 13 unspecified atom stereocenters. The summed E-state index contributed by atoms with van der Waals surface area (Å²) in [5.41, 5.74) is 0. The number of nitrogens with one attached hydrogen (secondary N) is 1. The van der Waals surface area contributed by atoms with Gasteiger partial charge in [-0.25, -0.2) is 18.0 Å². The molecule has 3 aliphatic heterocycles. The summed E-state index contributed by atoms with van der Waals surface area (Å²) in [5.74, 6) is -5.79. The van der Waals surface area contributed by atoms with E-state index < -0.39 is 131 Å². The lowest BCUT2D eigenvalue weighted by Crippen LogP contribution is -2.69. The fraction of sp³-hybridized carbons (Fsp3) is 0.750. The molecule has 0 bridgehead atoms. The molecule has 2 fully saturated rings. The SMILES string of the molecule is CC(=O)NC1C(OC2C(C(=O)O)OC(O)C(O)C2O)OC(COS(=O)(=O)O)C(O)C1OC1OC(C(=O)O)=CC(O)C1OS(=O)(=O)O. The Kier molecular flexibility index (Phi) is 12.0. The Balaban J connectivity index is 2.08. The topological polar surface area (TPSA) is 378 Å². The lowest BCUT2D eigenvalue weighted by Gasteiger charge is -2.48. The number of aliphatic hydroxyl groups is 5. The molecule has 0 radical (unpaired) electrons. The maximum absolute atomic E-state index is 12.2. The number of carboxylic acid groups (broad SMARTS) is 2. The van der Waals surface area contributed by atoms with Crippen LogP contribution in [0.2, 0.25) is 0 Å². The summed E-state index contributed by atoms with van der Waals surface area (Å²) in [6.07, 6.45) is -26.4. The number of carbonyl (C=O) groups is 3. The van der Waals surface area contributed by atoms with Crippen LogP contribution < -0.4 is 5.32 Å². The number of carbonyl (C=O) groups excluding carboxylic acids is 1. The van der Waals surface area contributed by atoms with E-state index in [1.165, 1.54) is 0 Å². The standard InChI is InChI=1S/C20H29NO23S2/c1-4(22)21-8-13(42-20-12(44-46(35,36)37)5(23)2-6(39-20)16(27)28)9(24)7(3-38-45(32,33)34)40-19(8)43-14-10(25)11(26)18(31)41-15(14)17(29)30/h2,5,7-15,18-20,23-26,31H,3H2,1H3,(H,21,22)(H,27,28)(H,29,30)(H,32,33,34)(H,35,36,37). The van der Waals surface area contributed by atoms with Crippen LogP contribution in [0.4, 0.5) is 0 Å². The molecule has 264 valence electrons. The zero-order chi connectivity index (χ0) is 34.9. The van der Waals surface area contributed by atoms with Gasteiger partial charge in [0.1, 0.15) is 48.8 Å². The highest BCUT2D eigenvalue weighted by Gasteiger charge is 2.55. The Hall–Kier alpha value is -2.67. The van der Waals surface area contributed by atoms with Crippen LogP contribution >= 0.6 is 0 Å². The Morgan fingerprint density at radius 3 is 1.98 bits per heavy atom. The van der Waals surface area contributed by atoms with Crippen molar-refractivity contribution in [3.63, 3.8) is 0 Å². The molecule has 2 saturated heterocycles. The van der Waals surface area contributed by atoms with Gasteiger partial charge in [0, 0.05) is 6.92 Å². The van der Waals surface area contributed by atoms with Crippen LogP contribution in [0.1, 0.15) is 6.92 Å². The maximum atomic E-state index is 12.2. The third kappa shape index (κ3) is 9.45. The minimum absolute atomic E-state index is 0.439. The highest BCUT2D eigenvalue weighted by molar-refractivity contribution is 7.81. The van der Waals surface area contributed by atoms with E-state index in [9.17, 15) is 71.5 Å². The molecule has 0 aromatic rings. The summed E-state index contributed by atoms with van der Waals surface area (Å²) < 4.78 is 98.3. The first kappa shape index (κ1) is 37.8. The van der Waals surface area contributed by atoms with Crippen molar-refractivity contribution in [2.45, 2.75) is 86.8 Å². The van der Waals surface area contributed by atoms with E-state index in [4.69, 9.17) is 28.2 Å². The number of hydrogen-bond donors (Lipinski definition) is 10. The molecule has 0 spiro atoms. The fourth-order valence-electron chi connectivity index (χ4n) is 4.50. The monoisotopic (exact) mass is 715 g/mol. The Morgan fingerprint density at radius 1 is 0.848 bits per heavy atom. The average Bonchev–Trinajstić information content (AvgIpc) is 2.91. The molecular formula is C20H29NO23S2. The Bertz CT molecular complexity index is 1390. The second kappa shape index (κ2) is 14.6. The van der Waals surface area contributed by atoms with Crippen molar-refractivity contribution >= 4 is 38.6 Å². The van der Waals surface area contributed by atoms with Gasteiger partial charge >= 0.3 is 32.7 Å². The number of ether oxygens (including phenoxy) is 5. The minimum Gasteiger partial charge on any atom is -0.479 e. The van der Waals surface area contributed by atoms with Gasteiger partial charge in [0.15, 0.2) is 24.8 Å². The molecule has 0 aromatic carbocycles. The highest BCUT2D eigenvalue weighted by atomic mass is 32.3. The van der Waals surface area contributed by atoms with Crippen LogP contribution in [0.5, 0.6) is 0 Å². The van der Waals surface area contributed by atoms with Gasteiger partial charge in [0.25, 0.3) is 0 Å². The van der Waals surface area contributed by atoms with Crippen LogP contribution in [0.3, 0.4) is 0 Å². The summed E-state index contributed by atoms with van der Waals surface area (Å²) in [7, 11) is -10.7. The normalized spacial score (nSPS) is 38.7. The first-order valence-electron chi connectivity index (χ1n) is 12.5. The number of rotatable bonds is 12. The van der Waals surface area contributed by atoms with E-state index in [0.29, 0.717) is 6.08 Å². The van der Waals surface area contributed by atoms with Crippen molar-refractivity contribution < 1.29 is 108 Å². The second-order valence-corrected chi connectivity index (χ2v) is 11.9. The van der Waals surface area contributed by atoms with Crippen LogP contribution in [0.15, 0.2) is 11.8 Å². The summed E-state index contributed by atoms with van der Waals surface area (Å²) in [5, 5.41) is 72.7. The summed E-state index contributed by atoms with van der Waals surface area (Å²) in [6, 6.07) is -1.97. The zero-order valence-electron chi connectivity index (χ0n) is 22.8. The zero-order valence-corrected chi connectivity index (χ0v) is 24.5. The highest BCUT2D eigenvalue weighted by Crippen LogP contribution is 2.33. The summed E-state index contributed by atoms with van der Waals surface area (Å²) >= 11 is 0. The van der Waals surface area contributed by atoms with Crippen LogP contribution in [-0.4, -0.2) is 166 Å². The smallest absolute Gasteiger partial charge is 0.397 e. The van der Waals surface area contributed by atoms with Gasteiger partial charge in [-0.2, -0.15) is 16.8 Å². The number of amides is 1. The molecule has 0 saturated carbocycles. The van der Waals surface area contributed by atoms with Crippen LogP contribution in [0.25, 0.3) is 0 Å². The predicted octanol–water partition coefficient (Wildman–Crippen LogP) is -6.44. The fourth-order valence-corrected chi connectivity index (χ4v) is 5.29. The molecular weight excluding hydrogens is 686 g/mol. The van der Waals surface area contributed by atoms with Gasteiger partial charge in [-0.15, -0.1) is 0 Å². The second-order valence-electron chi connectivity index (χ2n) is 9.74. The van der Waals surface area contributed by atoms with Gasteiger partial charge in [-0.3, -0.25) is 13.9 Å². The van der Waals surface area contributed by atoms with E-state index in [-0.39, 0.29) is 0 Å². The number of hydrogen-bond acceptors (Lipinski definition) is 19. The molecule has 3 aliphatic rings. The van der Waals surface area contributed by atoms with Gasteiger partial charge in [-0.1, -0.05) is 0 Å². The van der Waals surface area contributed by atoms with E-state index in [2.05, 4.69) is 13.7 Å². The summed E-state index contributed by atoms with van der Waals surface area (Å²) in [4.78, 5) is 35.5.